The van der Waals surface area contributed by atoms with Crippen LogP contribution in [-0.4, -0.2) is 13.1 Å². The highest BCUT2D eigenvalue weighted by atomic mass is 127. The van der Waals surface area contributed by atoms with Crippen LogP contribution >= 0.6 is 22.6 Å². The lowest BCUT2D eigenvalue weighted by Gasteiger charge is -1.96. The summed E-state index contributed by atoms with van der Waals surface area (Å²) in [4.78, 5) is 10.9. The van der Waals surface area contributed by atoms with Crippen molar-refractivity contribution in [2.24, 2.45) is 0 Å². The Labute approximate surface area is 78.7 Å². The Morgan fingerprint density at radius 2 is 2.36 bits per heavy atom. The van der Waals surface area contributed by atoms with Gasteiger partial charge in [-0.15, -0.1) is 0 Å². The Morgan fingerprint density at radius 3 is 2.82 bits per heavy atom. The zero-order valence-electron chi connectivity index (χ0n) is 5.93. The van der Waals surface area contributed by atoms with Gasteiger partial charge in [0.25, 0.3) is 0 Å². The fourth-order valence-corrected chi connectivity index (χ4v) is 0.978. The van der Waals surface area contributed by atoms with Gasteiger partial charge in [0, 0.05) is 3.57 Å². The first-order valence-corrected chi connectivity index (χ1v) is 4.07. The van der Waals surface area contributed by atoms with Crippen molar-refractivity contribution in [1.82, 2.24) is 0 Å². The van der Waals surface area contributed by atoms with E-state index in [1.807, 2.05) is 6.07 Å². The number of rotatable bonds is 1. The lowest BCUT2D eigenvalue weighted by Crippen LogP contribution is -2.00. The Kier molecular flexibility index (Phi) is 2.87. The number of carbonyl (C=O) groups is 1. The number of benzene rings is 1. The third kappa shape index (κ3) is 2.18. The van der Waals surface area contributed by atoms with Gasteiger partial charge in [0.05, 0.1) is 12.7 Å². The summed E-state index contributed by atoms with van der Waals surface area (Å²) in [6.07, 6.45) is 0. The van der Waals surface area contributed by atoms with Crippen molar-refractivity contribution in [2.45, 2.75) is 0 Å². The molecule has 0 atom stereocenters. The third-order valence-electron chi connectivity index (χ3n) is 1.18. The van der Waals surface area contributed by atoms with Crippen molar-refractivity contribution in [3.05, 3.63) is 33.4 Å². The molecule has 1 rings (SSSR count). The molecule has 0 unspecified atom stereocenters. The zero-order valence-corrected chi connectivity index (χ0v) is 8.08. The largest absolute Gasteiger partial charge is 0.465 e. The van der Waals surface area contributed by atoms with Gasteiger partial charge in [0.2, 0.25) is 0 Å². The van der Waals surface area contributed by atoms with Crippen LogP contribution in [0.25, 0.3) is 0 Å². The van der Waals surface area contributed by atoms with Gasteiger partial charge < -0.3 is 4.74 Å². The molecule has 1 radical (unpaired) electrons. The zero-order chi connectivity index (χ0) is 8.27. The van der Waals surface area contributed by atoms with Gasteiger partial charge in [-0.05, 0) is 46.9 Å². The van der Waals surface area contributed by atoms with Crippen molar-refractivity contribution in [1.29, 1.82) is 0 Å². The average molecular weight is 261 g/mol. The van der Waals surface area contributed by atoms with Gasteiger partial charge in [-0.2, -0.15) is 0 Å². The lowest BCUT2D eigenvalue weighted by molar-refractivity contribution is 0.0600. The van der Waals surface area contributed by atoms with Crippen molar-refractivity contribution in [3.8, 4) is 0 Å². The monoisotopic (exact) mass is 261 g/mol. The van der Waals surface area contributed by atoms with Crippen LogP contribution in [0.1, 0.15) is 10.4 Å². The molecule has 1 aromatic carbocycles. The van der Waals surface area contributed by atoms with Crippen LogP contribution < -0.4 is 0 Å². The topological polar surface area (TPSA) is 26.3 Å². The molecule has 0 aliphatic rings. The molecule has 11 heavy (non-hydrogen) atoms. The van der Waals surface area contributed by atoms with E-state index >= 15 is 0 Å². The molecule has 0 fully saturated rings. The second-order valence-electron chi connectivity index (χ2n) is 1.91. The number of hydrogen-bond donors (Lipinski definition) is 0. The van der Waals surface area contributed by atoms with Gasteiger partial charge in [0.1, 0.15) is 0 Å². The minimum Gasteiger partial charge on any atom is -0.465 e. The summed E-state index contributed by atoms with van der Waals surface area (Å²) < 4.78 is 5.55. The molecule has 0 aliphatic carbocycles. The first kappa shape index (κ1) is 8.52. The maximum atomic E-state index is 10.9. The lowest BCUT2D eigenvalue weighted by atomic mass is 10.2. The molecule has 0 aliphatic heterocycles. The van der Waals surface area contributed by atoms with Crippen LogP contribution in [0.15, 0.2) is 18.2 Å². The van der Waals surface area contributed by atoms with E-state index in [1.54, 1.807) is 12.1 Å². The molecule has 0 N–H and O–H groups in total. The SMILES string of the molecule is COC(=O)c1[c]cc(I)cc1. The summed E-state index contributed by atoms with van der Waals surface area (Å²) >= 11 is 2.15. The molecule has 3 heteroatoms. The van der Waals surface area contributed by atoms with Crippen molar-refractivity contribution in [3.63, 3.8) is 0 Å². The molecular formula is C8H6IO2. The van der Waals surface area contributed by atoms with E-state index in [9.17, 15) is 4.79 Å². The van der Waals surface area contributed by atoms with E-state index < -0.39 is 0 Å². The van der Waals surface area contributed by atoms with Gasteiger partial charge in [-0.25, -0.2) is 4.79 Å². The Balaban J connectivity index is 2.90. The van der Waals surface area contributed by atoms with Gasteiger partial charge in [-0.1, -0.05) is 0 Å². The quantitative estimate of drug-likeness (QED) is 0.570. The van der Waals surface area contributed by atoms with Crippen LogP contribution in [0.5, 0.6) is 0 Å². The minimum atomic E-state index is -0.346. The second-order valence-corrected chi connectivity index (χ2v) is 3.16. The van der Waals surface area contributed by atoms with Crippen LogP contribution in [0, 0.1) is 9.64 Å². The first-order chi connectivity index (χ1) is 5.24. The molecule has 0 bridgehead atoms. The number of ether oxygens (including phenoxy) is 1. The molecule has 2 nitrogen and oxygen atoms in total. The predicted molar refractivity (Wildman–Crippen MR) is 49.3 cm³/mol. The minimum absolute atomic E-state index is 0.346. The fraction of sp³-hybridized carbons (Fsp3) is 0.125. The Bertz CT molecular complexity index is 253. The Hall–Kier alpha value is -0.580. The number of methoxy groups -OCH3 is 1. The number of halogens is 1. The van der Waals surface area contributed by atoms with Crippen LogP contribution in [-0.2, 0) is 4.74 Å². The van der Waals surface area contributed by atoms with Gasteiger partial charge in [0.15, 0.2) is 0 Å². The molecule has 0 heterocycles. The van der Waals surface area contributed by atoms with E-state index in [4.69, 9.17) is 0 Å². The van der Waals surface area contributed by atoms with Crippen molar-refractivity contribution < 1.29 is 9.53 Å². The molecule has 1 aromatic rings. The highest BCUT2D eigenvalue weighted by Gasteiger charge is 2.02. The molecular weight excluding hydrogens is 255 g/mol. The standard InChI is InChI=1S/C8H6IO2/c1-11-8(10)6-2-4-7(9)5-3-6/h2,4-5H,1H3. The normalized spacial score (nSPS) is 9.27. The van der Waals surface area contributed by atoms with Crippen LogP contribution in [0.2, 0.25) is 0 Å². The number of carbonyl (C=O) groups excluding carboxylic acids is 1. The van der Waals surface area contributed by atoms with E-state index in [0.29, 0.717) is 5.56 Å². The molecule has 57 valence electrons. The predicted octanol–water partition coefficient (Wildman–Crippen LogP) is 1.88. The highest BCUT2D eigenvalue weighted by Crippen LogP contribution is 2.06. The van der Waals surface area contributed by atoms with E-state index in [-0.39, 0.29) is 5.97 Å². The van der Waals surface area contributed by atoms with Crippen LogP contribution in [0.3, 0.4) is 0 Å². The summed E-state index contributed by atoms with van der Waals surface area (Å²) in [5, 5.41) is 0. The Morgan fingerprint density at radius 1 is 1.64 bits per heavy atom. The number of hydrogen-bond acceptors (Lipinski definition) is 2. The van der Waals surface area contributed by atoms with Crippen molar-refractivity contribution >= 4 is 28.6 Å². The fourth-order valence-electron chi connectivity index (χ4n) is 0.643. The molecule has 0 saturated heterocycles. The third-order valence-corrected chi connectivity index (χ3v) is 1.85. The maximum Gasteiger partial charge on any atom is 0.338 e. The van der Waals surface area contributed by atoms with Gasteiger partial charge >= 0.3 is 5.97 Å². The van der Waals surface area contributed by atoms with Crippen LogP contribution in [0.4, 0.5) is 0 Å². The summed E-state index contributed by atoms with van der Waals surface area (Å²) in [5.41, 5.74) is 0.466. The number of esters is 1. The van der Waals surface area contributed by atoms with E-state index in [0.717, 1.165) is 3.57 Å². The smallest absolute Gasteiger partial charge is 0.338 e. The molecule has 0 saturated carbocycles. The maximum absolute atomic E-state index is 10.9. The first-order valence-electron chi connectivity index (χ1n) is 2.99. The van der Waals surface area contributed by atoms with E-state index in [1.165, 1.54) is 7.11 Å². The van der Waals surface area contributed by atoms with Crippen molar-refractivity contribution in [2.75, 3.05) is 7.11 Å². The second kappa shape index (κ2) is 3.71. The molecule has 0 spiro atoms. The van der Waals surface area contributed by atoms with E-state index in [2.05, 4.69) is 33.4 Å². The van der Waals surface area contributed by atoms with Gasteiger partial charge in [-0.3, -0.25) is 0 Å². The summed E-state index contributed by atoms with van der Waals surface area (Å²) in [5.74, 6) is -0.346. The molecule has 0 amide bonds. The average Bonchev–Trinajstić information content (AvgIpc) is 2.05. The summed E-state index contributed by atoms with van der Waals surface area (Å²) in [6, 6.07) is 8.07. The summed E-state index contributed by atoms with van der Waals surface area (Å²) in [7, 11) is 1.36. The highest BCUT2D eigenvalue weighted by molar-refractivity contribution is 14.1. The molecule has 0 aromatic heterocycles. The summed E-state index contributed by atoms with van der Waals surface area (Å²) in [6.45, 7) is 0.